The predicted molar refractivity (Wildman–Crippen MR) is 62.2 cm³/mol. The fourth-order valence-corrected chi connectivity index (χ4v) is 1.57. The molecule has 104 valence electrons. The largest absolute Gasteiger partial charge is 0.443 e. The zero-order valence-corrected chi connectivity index (χ0v) is 10.5. The molecule has 19 heavy (non-hydrogen) atoms. The summed E-state index contributed by atoms with van der Waals surface area (Å²) in [5.41, 5.74) is 0.531. The molecule has 2 N–H and O–H groups in total. The molecule has 0 spiro atoms. The number of hydrogen-bond donors (Lipinski definition) is 2. The van der Waals surface area contributed by atoms with Gasteiger partial charge < -0.3 is 20.1 Å². The smallest absolute Gasteiger partial charge is 0.407 e. The van der Waals surface area contributed by atoms with Crippen LogP contribution < -0.4 is 10.6 Å². The lowest BCUT2D eigenvalue weighted by Gasteiger charge is -2.06. The number of amides is 2. The molecule has 1 aliphatic heterocycles. The van der Waals surface area contributed by atoms with Crippen molar-refractivity contribution in [1.82, 2.24) is 25.6 Å². The molecule has 2 heterocycles. The van der Waals surface area contributed by atoms with E-state index in [1.807, 2.05) is 0 Å². The van der Waals surface area contributed by atoms with Crippen molar-refractivity contribution in [2.45, 2.75) is 26.2 Å². The summed E-state index contributed by atoms with van der Waals surface area (Å²) >= 11 is 0. The van der Waals surface area contributed by atoms with Gasteiger partial charge in [-0.2, -0.15) is 0 Å². The zero-order valence-electron chi connectivity index (χ0n) is 10.5. The SMILES string of the molecule is CCNC(=O)OCc1cn(CC2CNC(=O)O2)nn1. The Kier molecular flexibility index (Phi) is 4.16. The predicted octanol–water partition coefficient (Wildman–Crippen LogP) is -0.367. The maximum Gasteiger partial charge on any atom is 0.407 e. The molecular weight excluding hydrogens is 254 g/mol. The number of nitrogens with zero attached hydrogens (tertiary/aromatic N) is 3. The summed E-state index contributed by atoms with van der Waals surface area (Å²) in [6.07, 6.45) is 0.466. The van der Waals surface area contributed by atoms with Gasteiger partial charge in [0.15, 0.2) is 0 Å². The maximum absolute atomic E-state index is 11.1. The Labute approximate surface area is 109 Å². The van der Waals surface area contributed by atoms with Gasteiger partial charge in [0.1, 0.15) is 18.4 Å². The van der Waals surface area contributed by atoms with Gasteiger partial charge in [-0.25, -0.2) is 14.3 Å². The van der Waals surface area contributed by atoms with Crippen LogP contribution in [-0.4, -0.2) is 46.4 Å². The molecule has 2 rings (SSSR count). The Morgan fingerprint density at radius 3 is 3.26 bits per heavy atom. The second-order valence-corrected chi connectivity index (χ2v) is 3.95. The number of rotatable bonds is 5. The molecule has 1 aliphatic rings. The van der Waals surface area contributed by atoms with Crippen molar-refractivity contribution in [3.63, 3.8) is 0 Å². The van der Waals surface area contributed by atoms with E-state index >= 15 is 0 Å². The first-order valence-electron chi connectivity index (χ1n) is 5.91. The van der Waals surface area contributed by atoms with E-state index in [2.05, 4.69) is 20.9 Å². The molecule has 0 saturated carbocycles. The van der Waals surface area contributed by atoms with E-state index in [-0.39, 0.29) is 12.7 Å². The standard InChI is InChI=1S/C10H15N5O4/c1-2-11-9(16)18-6-7-4-15(14-13-7)5-8-3-12-10(17)19-8/h4,8H,2-3,5-6H2,1H3,(H,11,16)(H,12,17). The van der Waals surface area contributed by atoms with E-state index in [1.165, 1.54) is 0 Å². The summed E-state index contributed by atoms with van der Waals surface area (Å²) in [4.78, 5) is 21.9. The summed E-state index contributed by atoms with van der Waals surface area (Å²) in [7, 11) is 0. The highest BCUT2D eigenvalue weighted by Gasteiger charge is 2.23. The van der Waals surface area contributed by atoms with Crippen LogP contribution in [0.3, 0.4) is 0 Å². The van der Waals surface area contributed by atoms with E-state index in [4.69, 9.17) is 9.47 Å². The first-order chi connectivity index (χ1) is 9.17. The third-order valence-electron chi connectivity index (χ3n) is 2.40. The Bertz CT molecular complexity index is 461. The molecule has 1 saturated heterocycles. The normalized spacial score (nSPS) is 17.7. The van der Waals surface area contributed by atoms with Crippen molar-refractivity contribution in [3.05, 3.63) is 11.9 Å². The van der Waals surface area contributed by atoms with Crippen LogP contribution in [0.15, 0.2) is 6.20 Å². The molecule has 1 atom stereocenters. The van der Waals surface area contributed by atoms with E-state index in [1.54, 1.807) is 17.8 Å². The number of alkyl carbamates (subject to hydrolysis) is 2. The quantitative estimate of drug-likeness (QED) is 0.755. The van der Waals surface area contributed by atoms with Gasteiger partial charge in [0.05, 0.1) is 19.3 Å². The van der Waals surface area contributed by atoms with E-state index < -0.39 is 12.2 Å². The third kappa shape index (κ3) is 3.83. The van der Waals surface area contributed by atoms with Crippen LogP contribution in [-0.2, 0) is 22.6 Å². The van der Waals surface area contributed by atoms with Crippen molar-refractivity contribution < 1.29 is 19.1 Å². The number of cyclic esters (lactones) is 1. The van der Waals surface area contributed by atoms with Crippen molar-refractivity contribution in [3.8, 4) is 0 Å². The fourth-order valence-electron chi connectivity index (χ4n) is 1.57. The summed E-state index contributed by atoms with van der Waals surface area (Å²) in [6, 6.07) is 0. The van der Waals surface area contributed by atoms with Crippen LogP contribution in [0.25, 0.3) is 0 Å². The minimum atomic E-state index is -0.494. The second-order valence-electron chi connectivity index (χ2n) is 3.95. The number of carbonyl (C=O) groups is 2. The molecule has 1 aromatic rings. The number of carbonyl (C=O) groups excluding carboxylic acids is 2. The lowest BCUT2D eigenvalue weighted by Crippen LogP contribution is -2.23. The van der Waals surface area contributed by atoms with Crippen LogP contribution in [0, 0.1) is 0 Å². The monoisotopic (exact) mass is 269 g/mol. The Hall–Kier alpha value is -2.32. The van der Waals surface area contributed by atoms with E-state index in [0.717, 1.165) is 0 Å². The van der Waals surface area contributed by atoms with E-state index in [0.29, 0.717) is 25.3 Å². The van der Waals surface area contributed by atoms with Crippen molar-refractivity contribution >= 4 is 12.2 Å². The molecule has 0 aromatic carbocycles. The lowest BCUT2D eigenvalue weighted by atomic mass is 10.3. The van der Waals surface area contributed by atoms with Gasteiger partial charge >= 0.3 is 12.2 Å². The summed E-state index contributed by atoms with van der Waals surface area (Å²) in [5, 5.41) is 12.8. The molecule has 9 nitrogen and oxygen atoms in total. The van der Waals surface area contributed by atoms with Gasteiger partial charge in [0, 0.05) is 6.54 Å². The molecule has 2 amide bonds. The fraction of sp³-hybridized carbons (Fsp3) is 0.600. The highest BCUT2D eigenvalue weighted by Crippen LogP contribution is 2.04. The van der Waals surface area contributed by atoms with Gasteiger partial charge in [0.2, 0.25) is 0 Å². The molecule has 0 radical (unpaired) electrons. The average molecular weight is 269 g/mol. The first-order valence-corrected chi connectivity index (χ1v) is 5.91. The lowest BCUT2D eigenvalue weighted by molar-refractivity contribution is 0.128. The van der Waals surface area contributed by atoms with Gasteiger partial charge in [-0.15, -0.1) is 5.10 Å². The summed E-state index contributed by atoms with van der Waals surface area (Å²) < 4.78 is 11.4. The van der Waals surface area contributed by atoms with Crippen LogP contribution in [0.1, 0.15) is 12.6 Å². The van der Waals surface area contributed by atoms with Crippen LogP contribution in [0.5, 0.6) is 0 Å². The van der Waals surface area contributed by atoms with Crippen LogP contribution in [0.4, 0.5) is 9.59 Å². The summed E-state index contributed by atoms with van der Waals surface area (Å²) in [5.74, 6) is 0. The van der Waals surface area contributed by atoms with Gasteiger partial charge in [0.25, 0.3) is 0 Å². The van der Waals surface area contributed by atoms with Gasteiger partial charge in [-0.05, 0) is 6.92 Å². The van der Waals surface area contributed by atoms with Crippen molar-refractivity contribution in [2.75, 3.05) is 13.1 Å². The average Bonchev–Trinajstić information content (AvgIpc) is 2.97. The third-order valence-corrected chi connectivity index (χ3v) is 2.40. The Morgan fingerprint density at radius 2 is 2.58 bits per heavy atom. The molecular formula is C10H15N5O4. The molecule has 1 unspecified atom stereocenters. The maximum atomic E-state index is 11.1. The molecule has 0 bridgehead atoms. The Morgan fingerprint density at radius 1 is 1.74 bits per heavy atom. The van der Waals surface area contributed by atoms with Gasteiger partial charge in [-0.1, -0.05) is 5.21 Å². The first kappa shape index (κ1) is 13.1. The highest BCUT2D eigenvalue weighted by atomic mass is 16.6. The van der Waals surface area contributed by atoms with E-state index in [9.17, 15) is 9.59 Å². The van der Waals surface area contributed by atoms with Crippen molar-refractivity contribution in [2.24, 2.45) is 0 Å². The minimum Gasteiger partial charge on any atom is -0.443 e. The number of hydrogen-bond acceptors (Lipinski definition) is 6. The number of aromatic nitrogens is 3. The van der Waals surface area contributed by atoms with Gasteiger partial charge in [-0.3, -0.25) is 0 Å². The molecule has 1 aromatic heterocycles. The molecule has 0 aliphatic carbocycles. The van der Waals surface area contributed by atoms with Crippen LogP contribution >= 0.6 is 0 Å². The number of nitrogens with one attached hydrogen (secondary N) is 2. The van der Waals surface area contributed by atoms with Crippen molar-refractivity contribution in [1.29, 1.82) is 0 Å². The number of ether oxygens (including phenoxy) is 2. The summed E-state index contributed by atoms with van der Waals surface area (Å²) in [6.45, 7) is 3.21. The molecule has 9 heteroatoms. The highest BCUT2D eigenvalue weighted by molar-refractivity contribution is 5.69. The molecule has 1 fully saturated rings. The Balaban J connectivity index is 1.78. The topological polar surface area (TPSA) is 107 Å². The van der Waals surface area contributed by atoms with Crippen LogP contribution in [0.2, 0.25) is 0 Å². The minimum absolute atomic E-state index is 0.0501. The second kappa shape index (κ2) is 6.03. The zero-order chi connectivity index (χ0) is 13.7.